The van der Waals surface area contributed by atoms with Gasteiger partial charge in [-0.3, -0.25) is 9.69 Å². The number of rotatable bonds is 2. The highest BCUT2D eigenvalue weighted by Gasteiger charge is 2.39. The molecule has 2 aliphatic rings. The quantitative estimate of drug-likeness (QED) is 0.764. The summed E-state index contributed by atoms with van der Waals surface area (Å²) >= 11 is 0. The third-order valence-corrected chi connectivity index (χ3v) is 4.22. The summed E-state index contributed by atoms with van der Waals surface area (Å²) in [6.07, 6.45) is 4.73. The number of hydrogen-bond donors (Lipinski definition) is 2. The Labute approximate surface area is 113 Å². The summed E-state index contributed by atoms with van der Waals surface area (Å²) in [6.45, 7) is 0.734. The normalized spacial score (nSPS) is 31.2. The molecule has 2 heterocycles. The van der Waals surface area contributed by atoms with Crippen molar-refractivity contribution in [2.45, 2.75) is 50.2 Å². The molecule has 2 aliphatic heterocycles. The van der Waals surface area contributed by atoms with Crippen molar-refractivity contribution >= 4 is 12.0 Å². The Morgan fingerprint density at radius 1 is 1.21 bits per heavy atom. The number of carbonyl (C=O) groups is 2. The van der Waals surface area contributed by atoms with E-state index >= 15 is 0 Å². The van der Waals surface area contributed by atoms with E-state index in [1.165, 1.54) is 7.11 Å². The van der Waals surface area contributed by atoms with Crippen LogP contribution < -0.4 is 10.6 Å². The molecular formula is C13H23N3O3. The summed E-state index contributed by atoms with van der Waals surface area (Å²) < 4.78 is 4.65. The number of hydrogen-bond acceptors (Lipinski definition) is 4. The molecule has 0 bridgehead atoms. The monoisotopic (exact) mass is 269 g/mol. The third kappa shape index (κ3) is 3.18. The van der Waals surface area contributed by atoms with E-state index in [0.29, 0.717) is 6.04 Å². The minimum Gasteiger partial charge on any atom is -0.453 e. The van der Waals surface area contributed by atoms with E-state index < -0.39 is 0 Å². The molecule has 0 saturated carbocycles. The van der Waals surface area contributed by atoms with Gasteiger partial charge in [0.05, 0.1) is 13.2 Å². The molecule has 0 aromatic heterocycles. The van der Waals surface area contributed by atoms with Gasteiger partial charge in [0.2, 0.25) is 5.91 Å². The first-order chi connectivity index (χ1) is 9.15. The van der Waals surface area contributed by atoms with Crippen LogP contribution in [-0.2, 0) is 9.53 Å². The first-order valence-corrected chi connectivity index (χ1v) is 6.97. The standard InChI is InChI=1S/C13H23N3O3/c1-14-12(17)11-7-6-10-5-3-4-9(8-16(10)11)15-13(18)19-2/h9-11H,3-8H2,1-2H3,(H,14,17)(H,15,18). The minimum absolute atomic E-state index is 0.0463. The number of alkyl carbamates (subject to hydrolysis) is 1. The van der Waals surface area contributed by atoms with E-state index in [9.17, 15) is 9.59 Å². The number of fused-ring (bicyclic) bond motifs is 1. The zero-order chi connectivity index (χ0) is 13.8. The second-order valence-electron chi connectivity index (χ2n) is 5.32. The number of likely N-dealkylation sites (N-methyl/N-ethyl adjacent to an activating group) is 1. The predicted octanol–water partition coefficient (Wildman–Crippen LogP) is 0.474. The lowest BCUT2D eigenvalue weighted by atomic mass is 10.1. The van der Waals surface area contributed by atoms with Crippen LogP contribution in [0, 0.1) is 0 Å². The van der Waals surface area contributed by atoms with E-state index in [-0.39, 0.29) is 24.1 Å². The number of nitrogens with one attached hydrogen (secondary N) is 2. The van der Waals surface area contributed by atoms with Gasteiger partial charge >= 0.3 is 6.09 Å². The van der Waals surface area contributed by atoms with E-state index in [1.54, 1.807) is 7.05 Å². The number of methoxy groups -OCH3 is 1. The lowest BCUT2D eigenvalue weighted by Crippen LogP contribution is -2.50. The van der Waals surface area contributed by atoms with Crippen LogP contribution in [0.5, 0.6) is 0 Å². The minimum atomic E-state index is -0.390. The Bertz CT molecular complexity index is 348. The first-order valence-electron chi connectivity index (χ1n) is 6.97. The van der Waals surface area contributed by atoms with Crippen LogP contribution >= 0.6 is 0 Å². The first kappa shape index (κ1) is 14.1. The van der Waals surface area contributed by atoms with E-state index in [4.69, 9.17) is 0 Å². The van der Waals surface area contributed by atoms with E-state index in [0.717, 1.165) is 38.6 Å². The van der Waals surface area contributed by atoms with Gasteiger partial charge in [0.1, 0.15) is 0 Å². The van der Waals surface area contributed by atoms with Crippen LogP contribution in [-0.4, -0.2) is 55.7 Å². The summed E-state index contributed by atoms with van der Waals surface area (Å²) in [5.74, 6) is 0.0845. The molecule has 6 heteroatoms. The fraction of sp³-hybridized carbons (Fsp3) is 0.846. The molecular weight excluding hydrogens is 246 g/mol. The van der Waals surface area contributed by atoms with Crippen molar-refractivity contribution < 1.29 is 14.3 Å². The lowest BCUT2D eigenvalue weighted by molar-refractivity contribution is -0.125. The van der Waals surface area contributed by atoms with Crippen LogP contribution in [0.3, 0.4) is 0 Å². The van der Waals surface area contributed by atoms with Gasteiger partial charge in [0.25, 0.3) is 0 Å². The Morgan fingerprint density at radius 3 is 2.68 bits per heavy atom. The number of ether oxygens (including phenoxy) is 1. The maximum absolute atomic E-state index is 11.9. The summed E-state index contributed by atoms with van der Waals surface area (Å²) in [7, 11) is 3.05. The molecule has 0 radical (unpaired) electrons. The van der Waals surface area contributed by atoms with Crippen LogP contribution in [0.15, 0.2) is 0 Å². The molecule has 2 rings (SSSR count). The number of carbonyl (C=O) groups excluding carboxylic acids is 2. The molecule has 6 nitrogen and oxygen atoms in total. The Hall–Kier alpha value is -1.30. The zero-order valence-electron chi connectivity index (χ0n) is 11.6. The SMILES string of the molecule is CNC(=O)C1CCC2CCCC(NC(=O)OC)CN21. The molecule has 108 valence electrons. The van der Waals surface area contributed by atoms with Crippen LogP contribution in [0.2, 0.25) is 0 Å². The van der Waals surface area contributed by atoms with Crippen LogP contribution in [0.4, 0.5) is 4.79 Å². The highest BCUT2D eigenvalue weighted by atomic mass is 16.5. The average molecular weight is 269 g/mol. The molecule has 3 unspecified atom stereocenters. The van der Waals surface area contributed by atoms with Gasteiger partial charge in [0.15, 0.2) is 0 Å². The fourth-order valence-electron chi connectivity index (χ4n) is 3.26. The summed E-state index contributed by atoms with van der Waals surface area (Å²) in [4.78, 5) is 25.5. The van der Waals surface area contributed by atoms with Gasteiger partial charge < -0.3 is 15.4 Å². The highest BCUT2D eigenvalue weighted by Crippen LogP contribution is 2.30. The summed E-state index contributed by atoms with van der Waals surface area (Å²) in [6, 6.07) is 0.504. The summed E-state index contributed by atoms with van der Waals surface area (Å²) in [5, 5.41) is 5.60. The van der Waals surface area contributed by atoms with Gasteiger partial charge in [-0.1, -0.05) is 0 Å². The second-order valence-corrected chi connectivity index (χ2v) is 5.32. The number of nitrogens with zero attached hydrogens (tertiary/aromatic N) is 1. The second kappa shape index (κ2) is 6.23. The molecule has 0 aromatic rings. The van der Waals surface area contributed by atoms with Crippen molar-refractivity contribution in [3.8, 4) is 0 Å². The Kier molecular flexibility index (Phi) is 4.63. The van der Waals surface area contributed by atoms with Gasteiger partial charge in [0, 0.05) is 25.7 Å². The van der Waals surface area contributed by atoms with Crippen molar-refractivity contribution in [1.82, 2.24) is 15.5 Å². The maximum Gasteiger partial charge on any atom is 0.407 e. The molecule has 2 fully saturated rings. The molecule has 3 atom stereocenters. The van der Waals surface area contributed by atoms with Crippen molar-refractivity contribution in [2.75, 3.05) is 20.7 Å². The zero-order valence-corrected chi connectivity index (χ0v) is 11.6. The van der Waals surface area contributed by atoms with Gasteiger partial charge in [-0.25, -0.2) is 4.79 Å². The maximum atomic E-state index is 11.9. The average Bonchev–Trinajstić information content (AvgIpc) is 2.70. The van der Waals surface area contributed by atoms with Crippen LogP contribution in [0.25, 0.3) is 0 Å². The fourth-order valence-corrected chi connectivity index (χ4v) is 3.26. The molecule has 2 saturated heterocycles. The highest BCUT2D eigenvalue weighted by molar-refractivity contribution is 5.81. The predicted molar refractivity (Wildman–Crippen MR) is 70.8 cm³/mol. The summed E-state index contributed by atoms with van der Waals surface area (Å²) in [5.41, 5.74) is 0. The molecule has 19 heavy (non-hydrogen) atoms. The van der Waals surface area contributed by atoms with Gasteiger partial charge in [-0.15, -0.1) is 0 Å². The largest absolute Gasteiger partial charge is 0.453 e. The van der Waals surface area contributed by atoms with Crippen molar-refractivity contribution in [2.24, 2.45) is 0 Å². The third-order valence-electron chi connectivity index (χ3n) is 4.22. The molecule has 0 spiro atoms. The number of amides is 2. The Morgan fingerprint density at radius 2 is 2.00 bits per heavy atom. The van der Waals surface area contributed by atoms with E-state index in [1.807, 2.05) is 0 Å². The molecule has 2 N–H and O–H groups in total. The molecule has 0 aromatic carbocycles. The smallest absolute Gasteiger partial charge is 0.407 e. The molecule has 2 amide bonds. The van der Waals surface area contributed by atoms with Crippen LogP contribution in [0.1, 0.15) is 32.1 Å². The lowest BCUT2D eigenvalue weighted by Gasteiger charge is -2.29. The van der Waals surface area contributed by atoms with E-state index in [2.05, 4.69) is 20.3 Å². The van der Waals surface area contributed by atoms with Gasteiger partial charge in [-0.2, -0.15) is 0 Å². The Balaban J connectivity index is 2.02. The van der Waals surface area contributed by atoms with Gasteiger partial charge in [-0.05, 0) is 32.1 Å². The van der Waals surface area contributed by atoms with Crippen molar-refractivity contribution in [1.29, 1.82) is 0 Å². The topological polar surface area (TPSA) is 70.7 Å². The van der Waals surface area contributed by atoms with Crippen molar-refractivity contribution in [3.05, 3.63) is 0 Å². The molecule has 0 aliphatic carbocycles. The van der Waals surface area contributed by atoms with Crippen molar-refractivity contribution in [3.63, 3.8) is 0 Å².